The second kappa shape index (κ2) is 12.9. The fourth-order valence-corrected chi connectivity index (χ4v) is 6.24. The van der Waals surface area contributed by atoms with E-state index in [4.69, 9.17) is 4.84 Å². The van der Waals surface area contributed by atoms with E-state index in [0.29, 0.717) is 5.56 Å². The van der Waals surface area contributed by atoms with Crippen LogP contribution in [0.25, 0.3) is 10.9 Å². The molecule has 0 bridgehead atoms. The van der Waals surface area contributed by atoms with E-state index in [9.17, 15) is 24.0 Å². The number of barbiturate groups is 1. The Kier molecular flexibility index (Phi) is 8.53. The van der Waals surface area contributed by atoms with Gasteiger partial charge in [0.25, 0.3) is 11.8 Å². The van der Waals surface area contributed by atoms with Crippen molar-refractivity contribution in [3.8, 4) is 0 Å². The summed E-state index contributed by atoms with van der Waals surface area (Å²) in [5.74, 6) is -3.04. The van der Waals surface area contributed by atoms with E-state index in [0.717, 1.165) is 27.2 Å². The van der Waals surface area contributed by atoms with Crippen LogP contribution in [0.5, 0.6) is 0 Å². The number of piperidine rings is 1. The number of urea groups is 1. The average Bonchev–Trinajstić information content (AvgIpc) is 3.08. The minimum absolute atomic E-state index is 0.0568. The summed E-state index contributed by atoms with van der Waals surface area (Å²) < 4.78 is 0. The molecule has 2 saturated heterocycles. The molecule has 4 heterocycles. The Balaban J connectivity index is 1.32. The summed E-state index contributed by atoms with van der Waals surface area (Å²) in [4.78, 5) is 83.3. The summed E-state index contributed by atoms with van der Waals surface area (Å²) in [5, 5.41) is 6.37. The van der Waals surface area contributed by atoms with E-state index in [1.807, 2.05) is 37.3 Å². The number of nitrogens with zero attached hydrogens (tertiary/aromatic N) is 4. The van der Waals surface area contributed by atoms with Crippen LogP contribution in [0.2, 0.25) is 0 Å². The molecular weight excluding hydrogens is 588 g/mol. The molecule has 46 heavy (non-hydrogen) atoms. The number of carbonyl (C=O) groups is 5. The molecule has 0 aliphatic carbocycles. The zero-order valence-corrected chi connectivity index (χ0v) is 25.1. The molecule has 2 aliphatic heterocycles. The SMILES string of the molecule is Cc1cc(CON(CC2(C3CCN(C(=O)c4cccnc4)CC3)C(=O)NC(=O)NC2=O)C(=O)c2ccccc2)c2ccccc2n1. The first-order chi connectivity index (χ1) is 22.3. The number of rotatable bonds is 8. The first-order valence-corrected chi connectivity index (χ1v) is 15.0. The van der Waals surface area contributed by atoms with Gasteiger partial charge >= 0.3 is 6.03 Å². The van der Waals surface area contributed by atoms with Gasteiger partial charge in [-0.2, -0.15) is 0 Å². The van der Waals surface area contributed by atoms with Gasteiger partial charge in [-0.3, -0.25) is 44.6 Å². The molecule has 234 valence electrons. The highest BCUT2D eigenvalue weighted by molar-refractivity contribution is 6.19. The maximum Gasteiger partial charge on any atom is 0.328 e. The van der Waals surface area contributed by atoms with E-state index < -0.39 is 41.6 Å². The Bertz CT molecular complexity index is 1790. The maximum atomic E-state index is 14.0. The molecule has 6 amide bonds. The largest absolute Gasteiger partial charge is 0.339 e. The van der Waals surface area contributed by atoms with Gasteiger partial charge in [0.1, 0.15) is 6.61 Å². The lowest BCUT2D eigenvalue weighted by atomic mass is 9.68. The topological polar surface area (TPSA) is 151 Å². The Labute approximate surface area is 264 Å². The van der Waals surface area contributed by atoms with Crippen molar-refractivity contribution in [2.24, 2.45) is 11.3 Å². The van der Waals surface area contributed by atoms with Gasteiger partial charge in [0.05, 0.1) is 17.6 Å². The average molecular weight is 621 g/mol. The molecular formula is C34H32N6O6. The van der Waals surface area contributed by atoms with Gasteiger partial charge < -0.3 is 4.90 Å². The van der Waals surface area contributed by atoms with Crippen molar-refractivity contribution in [1.29, 1.82) is 0 Å². The highest BCUT2D eigenvalue weighted by Crippen LogP contribution is 2.39. The number of amides is 6. The van der Waals surface area contributed by atoms with Gasteiger partial charge in [-0.05, 0) is 67.6 Å². The predicted molar refractivity (Wildman–Crippen MR) is 166 cm³/mol. The van der Waals surface area contributed by atoms with Crippen molar-refractivity contribution in [2.45, 2.75) is 26.4 Å². The molecule has 0 atom stereocenters. The number of para-hydroxylation sites is 1. The molecule has 2 fully saturated rings. The number of nitrogens with one attached hydrogen (secondary N) is 2. The Hall–Kier alpha value is -5.49. The number of hydrogen-bond donors (Lipinski definition) is 2. The van der Waals surface area contributed by atoms with Gasteiger partial charge in [0, 0.05) is 42.1 Å². The second-order valence-electron chi connectivity index (χ2n) is 11.4. The van der Waals surface area contributed by atoms with Gasteiger partial charge in [-0.15, -0.1) is 0 Å². The summed E-state index contributed by atoms with van der Waals surface area (Å²) in [6.45, 7) is 1.85. The number of carbonyl (C=O) groups excluding carboxylic acids is 5. The maximum absolute atomic E-state index is 14.0. The number of aromatic nitrogens is 2. The summed E-state index contributed by atoms with van der Waals surface area (Å²) in [5.41, 5.74) is 1.12. The minimum Gasteiger partial charge on any atom is -0.339 e. The summed E-state index contributed by atoms with van der Waals surface area (Å²) in [6.07, 6.45) is 3.60. The van der Waals surface area contributed by atoms with Crippen molar-refractivity contribution < 1.29 is 28.8 Å². The van der Waals surface area contributed by atoms with Gasteiger partial charge in [-0.1, -0.05) is 36.4 Å². The number of fused-ring (bicyclic) bond motifs is 1. The first-order valence-electron chi connectivity index (χ1n) is 15.0. The molecule has 2 aromatic carbocycles. The van der Waals surface area contributed by atoms with Crippen molar-refractivity contribution in [1.82, 2.24) is 30.6 Å². The Morgan fingerprint density at radius 3 is 2.30 bits per heavy atom. The number of hydroxylamine groups is 2. The lowest BCUT2D eigenvalue weighted by molar-refractivity contribution is -0.175. The number of aryl methyl sites for hydroxylation is 1. The predicted octanol–water partition coefficient (Wildman–Crippen LogP) is 3.42. The monoisotopic (exact) mass is 620 g/mol. The van der Waals surface area contributed by atoms with Crippen LogP contribution >= 0.6 is 0 Å². The Morgan fingerprint density at radius 1 is 0.935 bits per heavy atom. The first kappa shape index (κ1) is 30.5. The summed E-state index contributed by atoms with van der Waals surface area (Å²) in [6, 6.07) is 20.2. The summed E-state index contributed by atoms with van der Waals surface area (Å²) >= 11 is 0. The lowest BCUT2D eigenvalue weighted by Gasteiger charge is -2.45. The van der Waals surface area contributed by atoms with Crippen LogP contribution in [0.1, 0.15) is 44.8 Å². The molecule has 0 spiro atoms. The third-order valence-electron chi connectivity index (χ3n) is 8.60. The number of imide groups is 2. The smallest absolute Gasteiger partial charge is 0.328 e. The molecule has 12 heteroatoms. The highest BCUT2D eigenvalue weighted by Gasteiger charge is 2.57. The third-order valence-corrected chi connectivity index (χ3v) is 8.60. The highest BCUT2D eigenvalue weighted by atomic mass is 16.7. The minimum atomic E-state index is -1.88. The van der Waals surface area contributed by atoms with Crippen LogP contribution in [0.4, 0.5) is 4.79 Å². The molecule has 12 nitrogen and oxygen atoms in total. The van der Waals surface area contributed by atoms with Crippen molar-refractivity contribution in [3.05, 3.63) is 108 Å². The van der Waals surface area contributed by atoms with E-state index in [-0.39, 0.29) is 44.0 Å². The van der Waals surface area contributed by atoms with Crippen molar-refractivity contribution >= 4 is 40.6 Å². The molecule has 2 aromatic heterocycles. The van der Waals surface area contributed by atoms with E-state index >= 15 is 0 Å². The standard InChI is InChI=1S/C34H32N6O6/c1-22-18-25(27-11-5-6-12-28(27)36-22)20-46-40(30(42)23-8-3-2-4-9-23)21-34(31(43)37-33(45)38-32(34)44)26-13-16-39(17-14-26)29(41)24-10-7-15-35-19-24/h2-12,15,18-19,26H,13-14,16-17,20-21H2,1H3,(H2,37,38,43,44,45). The fraction of sp³-hybridized carbons (Fsp3) is 0.265. The van der Waals surface area contributed by atoms with E-state index in [1.165, 1.54) is 6.20 Å². The van der Waals surface area contributed by atoms with Gasteiger partial charge in [0.2, 0.25) is 11.8 Å². The molecule has 4 aromatic rings. The number of hydrogen-bond acceptors (Lipinski definition) is 8. The molecule has 2 aliphatic rings. The normalized spacial score (nSPS) is 16.5. The van der Waals surface area contributed by atoms with Crippen LogP contribution in [0.15, 0.2) is 85.2 Å². The van der Waals surface area contributed by atoms with E-state index in [1.54, 1.807) is 53.6 Å². The van der Waals surface area contributed by atoms with Crippen LogP contribution in [0.3, 0.4) is 0 Å². The van der Waals surface area contributed by atoms with Crippen LogP contribution in [0, 0.1) is 18.3 Å². The lowest BCUT2D eigenvalue weighted by Crippen LogP contribution is -2.69. The third kappa shape index (κ3) is 5.94. The van der Waals surface area contributed by atoms with Crippen molar-refractivity contribution in [2.75, 3.05) is 19.6 Å². The quantitative estimate of drug-likeness (QED) is 0.225. The molecule has 0 radical (unpaired) electrons. The van der Waals surface area contributed by atoms with Crippen molar-refractivity contribution in [3.63, 3.8) is 0 Å². The second-order valence-corrected chi connectivity index (χ2v) is 11.4. The molecule has 6 rings (SSSR count). The fourth-order valence-electron chi connectivity index (χ4n) is 6.24. The molecule has 0 unspecified atom stereocenters. The zero-order chi connectivity index (χ0) is 32.3. The number of pyridine rings is 2. The van der Waals surface area contributed by atoms with Gasteiger partial charge in [0.15, 0.2) is 5.41 Å². The van der Waals surface area contributed by atoms with Crippen LogP contribution in [-0.2, 0) is 21.0 Å². The molecule has 0 saturated carbocycles. The number of likely N-dealkylation sites (tertiary alicyclic amines) is 1. The Morgan fingerprint density at radius 2 is 1.61 bits per heavy atom. The summed E-state index contributed by atoms with van der Waals surface area (Å²) in [7, 11) is 0. The van der Waals surface area contributed by atoms with E-state index in [2.05, 4.69) is 20.6 Å². The van der Waals surface area contributed by atoms with Crippen LogP contribution < -0.4 is 10.6 Å². The molecule has 2 N–H and O–H groups in total. The zero-order valence-electron chi connectivity index (χ0n) is 25.1. The van der Waals surface area contributed by atoms with Gasteiger partial charge in [-0.25, -0.2) is 9.86 Å². The van der Waals surface area contributed by atoms with Crippen LogP contribution in [-0.4, -0.2) is 69.2 Å². The number of benzene rings is 2.